The van der Waals surface area contributed by atoms with Gasteiger partial charge in [-0.25, -0.2) is 0 Å². The van der Waals surface area contributed by atoms with E-state index in [0.29, 0.717) is 25.3 Å². The molecule has 2 aromatic rings. The predicted molar refractivity (Wildman–Crippen MR) is 151 cm³/mol. The maximum Gasteiger partial charge on any atom is 0.307 e. The normalized spacial score (nSPS) is 12.2. The molecule has 0 saturated heterocycles. The van der Waals surface area contributed by atoms with Crippen LogP contribution in [0.3, 0.4) is 0 Å². The van der Waals surface area contributed by atoms with Gasteiger partial charge in [-0.3, -0.25) is 9.59 Å². The second-order valence-electron chi connectivity index (χ2n) is 10.0. The van der Waals surface area contributed by atoms with E-state index < -0.39 is 0 Å². The molecule has 2 aromatic carbocycles. The lowest BCUT2D eigenvalue weighted by Crippen LogP contribution is -2.35. The molecule has 0 amide bonds. The Bertz CT molecular complexity index is 985. The summed E-state index contributed by atoms with van der Waals surface area (Å²) in [5.41, 5.74) is 2.04. The fraction of sp³-hybridized carbons (Fsp3) is 0.548. The van der Waals surface area contributed by atoms with Crippen LogP contribution in [0, 0.1) is 0 Å². The average Bonchev–Trinajstić information content (AvgIpc) is 2.93. The van der Waals surface area contributed by atoms with Crippen molar-refractivity contribution in [3.63, 3.8) is 0 Å². The summed E-state index contributed by atoms with van der Waals surface area (Å²) in [7, 11) is 1.90. The molecule has 0 fully saturated rings. The Morgan fingerprint density at radius 3 is 1.67 bits per heavy atom. The van der Waals surface area contributed by atoms with E-state index in [4.69, 9.17) is 18.9 Å². The first-order chi connectivity index (χ1) is 18.7. The number of nitrogens with zero attached hydrogens (tertiary/aromatic N) is 1. The molecule has 0 aliphatic heterocycles. The molecule has 0 aliphatic carbocycles. The van der Waals surface area contributed by atoms with E-state index >= 15 is 0 Å². The van der Waals surface area contributed by atoms with Crippen LogP contribution in [-0.4, -0.2) is 74.6 Å². The topological polar surface area (TPSA) is 94.5 Å². The number of rotatable bonds is 18. The summed E-state index contributed by atoms with van der Waals surface area (Å²) >= 11 is 0. The Hall–Kier alpha value is -3.10. The first kappa shape index (κ1) is 32.1. The SMILES string of the molecule is CCCC(=O)OCCOc1ccc(C(C)(C)c2ccc(OCCOC(=O)CCN(C)C(CC)CO)cc2)cc1. The fourth-order valence-corrected chi connectivity index (χ4v) is 4.11. The van der Waals surface area contributed by atoms with E-state index in [-0.39, 0.29) is 56.2 Å². The number of aliphatic hydroxyl groups excluding tert-OH is 1. The molecule has 216 valence electrons. The Labute approximate surface area is 233 Å². The number of hydrogen-bond acceptors (Lipinski definition) is 8. The highest BCUT2D eigenvalue weighted by molar-refractivity contribution is 5.69. The molecule has 1 unspecified atom stereocenters. The number of ether oxygens (including phenoxy) is 4. The van der Waals surface area contributed by atoms with E-state index in [9.17, 15) is 14.7 Å². The molecular weight excluding hydrogens is 498 g/mol. The van der Waals surface area contributed by atoms with Crippen LogP contribution in [0.15, 0.2) is 48.5 Å². The molecule has 2 rings (SSSR count). The van der Waals surface area contributed by atoms with Gasteiger partial charge in [-0.05, 0) is 55.3 Å². The quantitative estimate of drug-likeness (QED) is 0.213. The van der Waals surface area contributed by atoms with Gasteiger partial charge in [0.1, 0.15) is 37.9 Å². The molecule has 8 heteroatoms. The molecule has 0 aliphatic rings. The number of carbonyl (C=O) groups excluding carboxylic acids is 2. The van der Waals surface area contributed by atoms with Crippen molar-refractivity contribution < 1.29 is 33.6 Å². The summed E-state index contributed by atoms with van der Waals surface area (Å²) in [4.78, 5) is 25.4. The zero-order chi connectivity index (χ0) is 28.7. The van der Waals surface area contributed by atoms with Gasteiger partial charge in [0.05, 0.1) is 13.0 Å². The van der Waals surface area contributed by atoms with Crippen LogP contribution in [0.1, 0.15) is 64.5 Å². The molecule has 0 spiro atoms. The fourth-order valence-electron chi connectivity index (χ4n) is 4.11. The molecule has 8 nitrogen and oxygen atoms in total. The highest BCUT2D eigenvalue weighted by atomic mass is 16.6. The summed E-state index contributed by atoms with van der Waals surface area (Å²) in [6, 6.07) is 15.9. The molecule has 1 atom stereocenters. The van der Waals surface area contributed by atoms with E-state index in [1.807, 2.05) is 74.3 Å². The summed E-state index contributed by atoms with van der Waals surface area (Å²) in [6.07, 6.45) is 2.30. The second-order valence-corrected chi connectivity index (χ2v) is 10.0. The Kier molecular flexibility index (Phi) is 13.8. The summed E-state index contributed by atoms with van der Waals surface area (Å²) < 4.78 is 21.8. The second kappa shape index (κ2) is 16.8. The van der Waals surface area contributed by atoms with Crippen molar-refractivity contribution >= 4 is 11.9 Å². The van der Waals surface area contributed by atoms with Gasteiger partial charge in [-0.15, -0.1) is 0 Å². The smallest absolute Gasteiger partial charge is 0.307 e. The maximum absolute atomic E-state index is 12.0. The lowest BCUT2D eigenvalue weighted by atomic mass is 9.78. The van der Waals surface area contributed by atoms with Crippen LogP contribution >= 0.6 is 0 Å². The Morgan fingerprint density at radius 1 is 0.795 bits per heavy atom. The lowest BCUT2D eigenvalue weighted by Gasteiger charge is -2.26. The van der Waals surface area contributed by atoms with Crippen molar-refractivity contribution in [2.24, 2.45) is 0 Å². The van der Waals surface area contributed by atoms with Crippen LogP contribution in [-0.2, 0) is 24.5 Å². The molecule has 39 heavy (non-hydrogen) atoms. The highest BCUT2D eigenvalue weighted by Crippen LogP contribution is 2.33. The van der Waals surface area contributed by atoms with Gasteiger partial charge in [-0.2, -0.15) is 0 Å². The van der Waals surface area contributed by atoms with E-state index in [1.165, 1.54) is 0 Å². The van der Waals surface area contributed by atoms with E-state index in [2.05, 4.69) is 13.8 Å². The molecule has 0 heterocycles. The number of carbonyl (C=O) groups is 2. The molecule has 1 N–H and O–H groups in total. The number of aliphatic hydroxyl groups is 1. The van der Waals surface area contributed by atoms with Gasteiger partial charge in [0, 0.05) is 24.4 Å². The average molecular weight is 544 g/mol. The maximum atomic E-state index is 12.0. The van der Waals surface area contributed by atoms with Crippen molar-refractivity contribution in [2.45, 2.75) is 64.8 Å². The Morgan fingerprint density at radius 2 is 1.26 bits per heavy atom. The minimum absolute atomic E-state index is 0.0574. The number of hydrogen-bond donors (Lipinski definition) is 1. The summed E-state index contributed by atoms with van der Waals surface area (Å²) in [5, 5.41) is 9.34. The molecular formula is C31H45NO7. The van der Waals surface area contributed by atoms with Crippen LogP contribution in [0.4, 0.5) is 0 Å². The van der Waals surface area contributed by atoms with Crippen molar-refractivity contribution in [3.8, 4) is 11.5 Å². The standard InChI is InChI=1S/C31H45NO7/c1-6-8-29(34)38-21-19-36-27-13-9-24(10-14-27)31(3,4)25-11-15-28(16-12-25)37-20-22-39-30(35)17-18-32(5)26(7-2)23-33/h9-16,26,33H,6-8,17-23H2,1-5H3. The minimum Gasteiger partial charge on any atom is -0.490 e. The highest BCUT2D eigenvalue weighted by Gasteiger charge is 2.23. The molecule has 0 bridgehead atoms. The molecule has 0 aromatic heterocycles. The van der Waals surface area contributed by atoms with Crippen LogP contribution in [0.5, 0.6) is 11.5 Å². The van der Waals surface area contributed by atoms with Crippen LogP contribution < -0.4 is 9.47 Å². The van der Waals surface area contributed by atoms with Crippen LogP contribution in [0.25, 0.3) is 0 Å². The van der Waals surface area contributed by atoms with Gasteiger partial charge in [0.2, 0.25) is 0 Å². The van der Waals surface area contributed by atoms with Gasteiger partial charge in [0.15, 0.2) is 0 Å². The third-order valence-corrected chi connectivity index (χ3v) is 6.81. The van der Waals surface area contributed by atoms with Gasteiger partial charge in [-0.1, -0.05) is 52.0 Å². The molecule has 0 saturated carbocycles. The Balaban J connectivity index is 1.76. The summed E-state index contributed by atoms with van der Waals surface area (Å²) in [6.45, 7) is 9.91. The largest absolute Gasteiger partial charge is 0.490 e. The third-order valence-electron chi connectivity index (χ3n) is 6.81. The van der Waals surface area contributed by atoms with Crippen molar-refractivity contribution in [2.75, 3.05) is 46.6 Å². The van der Waals surface area contributed by atoms with E-state index in [1.54, 1.807) is 0 Å². The molecule has 0 radical (unpaired) electrons. The zero-order valence-electron chi connectivity index (χ0n) is 24.1. The lowest BCUT2D eigenvalue weighted by molar-refractivity contribution is -0.145. The zero-order valence-corrected chi connectivity index (χ0v) is 24.1. The van der Waals surface area contributed by atoms with Crippen molar-refractivity contribution in [1.82, 2.24) is 4.90 Å². The van der Waals surface area contributed by atoms with Gasteiger partial charge in [0.25, 0.3) is 0 Å². The van der Waals surface area contributed by atoms with Gasteiger partial charge >= 0.3 is 11.9 Å². The number of benzene rings is 2. The number of likely N-dealkylation sites (N-methyl/N-ethyl adjacent to an activating group) is 1. The number of esters is 2. The first-order valence-electron chi connectivity index (χ1n) is 13.8. The third kappa shape index (κ3) is 10.9. The van der Waals surface area contributed by atoms with Crippen LogP contribution in [0.2, 0.25) is 0 Å². The van der Waals surface area contributed by atoms with Gasteiger partial charge < -0.3 is 29.0 Å². The predicted octanol–water partition coefficient (Wildman–Crippen LogP) is 4.75. The monoisotopic (exact) mass is 543 g/mol. The van der Waals surface area contributed by atoms with Crippen molar-refractivity contribution in [1.29, 1.82) is 0 Å². The minimum atomic E-state index is -0.276. The first-order valence-corrected chi connectivity index (χ1v) is 13.8. The summed E-state index contributed by atoms with van der Waals surface area (Å²) in [5.74, 6) is 0.968. The van der Waals surface area contributed by atoms with E-state index in [0.717, 1.165) is 29.7 Å². The van der Waals surface area contributed by atoms with Crippen molar-refractivity contribution in [3.05, 3.63) is 59.7 Å².